The lowest BCUT2D eigenvalue weighted by molar-refractivity contribution is -0.0514. The Morgan fingerprint density at radius 1 is 1.35 bits per heavy atom. The predicted molar refractivity (Wildman–Crippen MR) is 72.4 cm³/mol. The SMILES string of the molecule is CCOc1cc(C(N)c2nccs2)ccc1OC(F)F. The van der Waals surface area contributed by atoms with Gasteiger partial charge in [-0.15, -0.1) is 11.3 Å². The van der Waals surface area contributed by atoms with Crippen molar-refractivity contribution in [1.82, 2.24) is 4.98 Å². The average molecular weight is 300 g/mol. The van der Waals surface area contributed by atoms with Gasteiger partial charge in [-0.05, 0) is 24.6 Å². The van der Waals surface area contributed by atoms with Crippen molar-refractivity contribution in [3.05, 3.63) is 40.3 Å². The van der Waals surface area contributed by atoms with Crippen LogP contribution >= 0.6 is 11.3 Å². The summed E-state index contributed by atoms with van der Waals surface area (Å²) in [7, 11) is 0. The minimum atomic E-state index is -2.90. The van der Waals surface area contributed by atoms with E-state index < -0.39 is 12.7 Å². The van der Waals surface area contributed by atoms with Crippen LogP contribution in [0.3, 0.4) is 0 Å². The highest BCUT2D eigenvalue weighted by Crippen LogP contribution is 2.33. The van der Waals surface area contributed by atoms with E-state index in [1.807, 2.05) is 5.38 Å². The molecule has 4 nitrogen and oxygen atoms in total. The lowest BCUT2D eigenvalue weighted by Gasteiger charge is -2.15. The molecule has 0 radical (unpaired) electrons. The molecule has 0 amide bonds. The molecule has 0 spiro atoms. The smallest absolute Gasteiger partial charge is 0.387 e. The molecule has 2 rings (SSSR count). The van der Waals surface area contributed by atoms with Crippen LogP contribution in [0.2, 0.25) is 0 Å². The number of ether oxygens (including phenoxy) is 2. The minimum absolute atomic E-state index is 0.00283. The quantitative estimate of drug-likeness (QED) is 0.890. The molecule has 1 unspecified atom stereocenters. The summed E-state index contributed by atoms with van der Waals surface area (Å²) in [5.41, 5.74) is 6.81. The molecule has 0 saturated heterocycles. The van der Waals surface area contributed by atoms with Gasteiger partial charge in [-0.1, -0.05) is 6.07 Å². The zero-order valence-electron chi connectivity index (χ0n) is 10.8. The van der Waals surface area contributed by atoms with Crippen LogP contribution in [0.15, 0.2) is 29.8 Å². The first kappa shape index (κ1) is 14.7. The highest BCUT2D eigenvalue weighted by atomic mass is 32.1. The number of benzene rings is 1. The van der Waals surface area contributed by atoms with Crippen molar-refractivity contribution >= 4 is 11.3 Å². The van der Waals surface area contributed by atoms with E-state index in [0.717, 1.165) is 10.6 Å². The predicted octanol–water partition coefficient (Wildman–Crippen LogP) is 3.19. The van der Waals surface area contributed by atoms with E-state index in [1.54, 1.807) is 25.3 Å². The van der Waals surface area contributed by atoms with Crippen LogP contribution < -0.4 is 15.2 Å². The Morgan fingerprint density at radius 2 is 2.15 bits per heavy atom. The minimum Gasteiger partial charge on any atom is -0.490 e. The first-order valence-electron chi connectivity index (χ1n) is 5.98. The zero-order valence-corrected chi connectivity index (χ0v) is 11.6. The Labute approximate surface area is 119 Å². The normalized spacial score (nSPS) is 12.4. The van der Waals surface area contributed by atoms with Gasteiger partial charge in [0, 0.05) is 11.6 Å². The van der Waals surface area contributed by atoms with Crippen LogP contribution in [0.25, 0.3) is 0 Å². The number of halogens is 2. The van der Waals surface area contributed by atoms with Gasteiger partial charge in [0.15, 0.2) is 11.5 Å². The summed E-state index contributed by atoms with van der Waals surface area (Å²) < 4.78 is 34.4. The van der Waals surface area contributed by atoms with E-state index in [4.69, 9.17) is 10.5 Å². The molecule has 1 aromatic heterocycles. The molecular formula is C13H14F2N2O2S. The first-order chi connectivity index (χ1) is 9.61. The number of alkyl halides is 2. The molecule has 1 heterocycles. The summed E-state index contributed by atoms with van der Waals surface area (Å²) in [4.78, 5) is 4.14. The Balaban J connectivity index is 2.29. The van der Waals surface area contributed by atoms with Crippen molar-refractivity contribution in [2.75, 3.05) is 6.61 Å². The van der Waals surface area contributed by atoms with Gasteiger partial charge in [0.05, 0.1) is 12.6 Å². The topological polar surface area (TPSA) is 57.4 Å². The summed E-state index contributed by atoms with van der Waals surface area (Å²) in [6.45, 7) is -0.789. The summed E-state index contributed by atoms with van der Waals surface area (Å²) in [6, 6.07) is 4.24. The Kier molecular flexibility index (Phi) is 4.86. The van der Waals surface area contributed by atoms with Crippen molar-refractivity contribution in [2.24, 2.45) is 5.73 Å². The third-order valence-electron chi connectivity index (χ3n) is 2.56. The fourth-order valence-electron chi connectivity index (χ4n) is 1.71. The number of hydrogen-bond donors (Lipinski definition) is 1. The van der Waals surface area contributed by atoms with Crippen LogP contribution in [0.1, 0.15) is 23.5 Å². The van der Waals surface area contributed by atoms with E-state index in [2.05, 4.69) is 9.72 Å². The molecule has 0 aliphatic rings. The number of nitrogens with zero attached hydrogens (tertiary/aromatic N) is 1. The molecule has 1 atom stereocenters. The van der Waals surface area contributed by atoms with Crippen molar-refractivity contribution in [1.29, 1.82) is 0 Å². The molecule has 20 heavy (non-hydrogen) atoms. The largest absolute Gasteiger partial charge is 0.490 e. The van der Waals surface area contributed by atoms with Gasteiger partial charge in [0.2, 0.25) is 0 Å². The Hall–Kier alpha value is -1.73. The maximum absolute atomic E-state index is 12.3. The molecule has 0 fully saturated rings. The van der Waals surface area contributed by atoms with Gasteiger partial charge < -0.3 is 15.2 Å². The third-order valence-corrected chi connectivity index (χ3v) is 3.42. The number of rotatable bonds is 6. The highest BCUT2D eigenvalue weighted by molar-refractivity contribution is 7.09. The van der Waals surface area contributed by atoms with Crippen LogP contribution in [0.5, 0.6) is 11.5 Å². The second kappa shape index (κ2) is 6.62. The van der Waals surface area contributed by atoms with Gasteiger partial charge in [-0.25, -0.2) is 4.98 Å². The first-order valence-corrected chi connectivity index (χ1v) is 6.86. The second-order valence-electron chi connectivity index (χ2n) is 3.87. The van der Waals surface area contributed by atoms with Crippen molar-refractivity contribution in [3.8, 4) is 11.5 Å². The second-order valence-corrected chi connectivity index (χ2v) is 4.79. The fraction of sp³-hybridized carbons (Fsp3) is 0.308. The fourth-order valence-corrected chi connectivity index (χ4v) is 2.38. The molecule has 0 aliphatic heterocycles. The summed E-state index contributed by atoms with van der Waals surface area (Å²) in [6.07, 6.45) is 1.66. The molecule has 0 bridgehead atoms. The van der Waals surface area contributed by atoms with E-state index in [1.165, 1.54) is 17.4 Å². The number of thiazole rings is 1. The van der Waals surface area contributed by atoms with Crippen LogP contribution in [-0.4, -0.2) is 18.2 Å². The van der Waals surface area contributed by atoms with Gasteiger partial charge in [0.1, 0.15) is 5.01 Å². The molecule has 7 heteroatoms. The van der Waals surface area contributed by atoms with Gasteiger partial charge in [-0.3, -0.25) is 0 Å². The summed E-state index contributed by atoms with van der Waals surface area (Å²) in [5.74, 6) is 0.245. The summed E-state index contributed by atoms with van der Waals surface area (Å²) in [5, 5.41) is 2.57. The van der Waals surface area contributed by atoms with Crippen LogP contribution in [0, 0.1) is 0 Å². The lowest BCUT2D eigenvalue weighted by atomic mass is 10.1. The number of aromatic nitrogens is 1. The zero-order chi connectivity index (χ0) is 14.5. The van der Waals surface area contributed by atoms with Crippen molar-refractivity contribution in [2.45, 2.75) is 19.6 Å². The van der Waals surface area contributed by atoms with Crippen LogP contribution in [0.4, 0.5) is 8.78 Å². The average Bonchev–Trinajstić information content (AvgIpc) is 2.93. The van der Waals surface area contributed by atoms with E-state index in [0.29, 0.717) is 6.61 Å². The van der Waals surface area contributed by atoms with Gasteiger partial charge in [0.25, 0.3) is 0 Å². The van der Waals surface area contributed by atoms with Crippen LogP contribution in [-0.2, 0) is 0 Å². The maximum Gasteiger partial charge on any atom is 0.387 e. The standard InChI is InChI=1S/C13H14F2N2O2S/c1-2-18-10-7-8(3-4-9(10)19-13(14)15)11(16)12-17-5-6-20-12/h3-7,11,13H,2,16H2,1H3. The monoisotopic (exact) mass is 300 g/mol. The molecular weight excluding hydrogens is 286 g/mol. The molecule has 0 saturated carbocycles. The van der Waals surface area contributed by atoms with Crippen molar-refractivity contribution < 1.29 is 18.3 Å². The van der Waals surface area contributed by atoms with Crippen molar-refractivity contribution in [3.63, 3.8) is 0 Å². The molecule has 0 aliphatic carbocycles. The van der Waals surface area contributed by atoms with Gasteiger partial charge in [-0.2, -0.15) is 8.78 Å². The molecule has 108 valence electrons. The van der Waals surface area contributed by atoms with E-state index in [-0.39, 0.29) is 11.5 Å². The van der Waals surface area contributed by atoms with E-state index in [9.17, 15) is 8.78 Å². The Bertz CT molecular complexity index is 549. The summed E-state index contributed by atoms with van der Waals surface area (Å²) >= 11 is 1.43. The maximum atomic E-state index is 12.3. The number of nitrogens with two attached hydrogens (primary N) is 1. The molecule has 1 aromatic carbocycles. The van der Waals surface area contributed by atoms with E-state index >= 15 is 0 Å². The third kappa shape index (κ3) is 3.43. The lowest BCUT2D eigenvalue weighted by Crippen LogP contribution is -2.12. The highest BCUT2D eigenvalue weighted by Gasteiger charge is 2.16. The Morgan fingerprint density at radius 3 is 2.75 bits per heavy atom. The number of hydrogen-bond acceptors (Lipinski definition) is 5. The molecule has 2 N–H and O–H groups in total. The van der Waals surface area contributed by atoms with Gasteiger partial charge >= 0.3 is 6.61 Å². The molecule has 2 aromatic rings.